The summed E-state index contributed by atoms with van der Waals surface area (Å²) in [5.74, 6) is 0.00904. The molecule has 0 aromatic heterocycles. The average molecular weight is 351 g/mol. The molecule has 2 nitrogen and oxygen atoms in total. The third kappa shape index (κ3) is 4.47. The number of ketones is 1. The van der Waals surface area contributed by atoms with Gasteiger partial charge in [0.15, 0.2) is 5.78 Å². The van der Waals surface area contributed by atoms with Crippen LogP contribution in [0, 0.1) is 0 Å². The molecule has 0 aliphatic heterocycles. The molecule has 0 saturated heterocycles. The van der Waals surface area contributed by atoms with Crippen molar-refractivity contribution in [1.82, 2.24) is 0 Å². The van der Waals surface area contributed by atoms with Crippen LogP contribution < -0.4 is 0 Å². The Hall–Kier alpha value is -1.10. The lowest BCUT2D eigenvalue weighted by atomic mass is 10.1. The van der Waals surface area contributed by atoms with Gasteiger partial charge in [-0.3, -0.25) is 4.79 Å². The fraction of sp³-hybridized carbons (Fsp3) is 0.188. The zero-order chi connectivity index (χ0) is 14.4. The van der Waals surface area contributed by atoms with E-state index in [4.69, 9.17) is 4.74 Å². The Morgan fingerprint density at radius 1 is 1.10 bits per heavy atom. The fourth-order valence-electron chi connectivity index (χ4n) is 1.70. The van der Waals surface area contributed by atoms with Gasteiger partial charge < -0.3 is 4.74 Å². The molecule has 0 unspecified atom stereocenters. The zero-order valence-corrected chi connectivity index (χ0v) is 13.5. The highest BCUT2D eigenvalue weighted by molar-refractivity contribution is 9.10. The van der Waals surface area contributed by atoms with Crippen LogP contribution in [0.2, 0.25) is 0 Å². The highest BCUT2D eigenvalue weighted by Crippen LogP contribution is 2.15. The first-order valence-electron chi connectivity index (χ1n) is 6.18. The lowest BCUT2D eigenvalue weighted by Gasteiger charge is -2.05. The first kappa shape index (κ1) is 15.3. The van der Waals surface area contributed by atoms with Gasteiger partial charge in [0, 0.05) is 14.9 Å². The Morgan fingerprint density at radius 2 is 1.75 bits per heavy atom. The molecule has 0 radical (unpaired) electrons. The summed E-state index contributed by atoms with van der Waals surface area (Å²) in [4.78, 5) is 13.1. The lowest BCUT2D eigenvalue weighted by Crippen LogP contribution is -2.09. The van der Waals surface area contributed by atoms with Crippen molar-refractivity contribution in [3.05, 3.63) is 64.1 Å². The van der Waals surface area contributed by atoms with E-state index in [1.165, 1.54) is 0 Å². The minimum Gasteiger partial charge on any atom is -0.369 e. The van der Waals surface area contributed by atoms with Crippen LogP contribution in [0.3, 0.4) is 0 Å². The number of ether oxygens (including phenoxy) is 1. The highest BCUT2D eigenvalue weighted by Gasteiger charge is 2.06. The molecule has 4 heteroatoms. The number of thioether (sulfide) groups is 1. The Labute approximate surface area is 131 Å². The van der Waals surface area contributed by atoms with E-state index in [1.54, 1.807) is 11.8 Å². The number of halogens is 1. The maximum atomic E-state index is 11.9. The smallest absolute Gasteiger partial charge is 0.188 e. The largest absolute Gasteiger partial charge is 0.369 e. The molecule has 0 heterocycles. The molecular weight excluding hydrogens is 336 g/mol. The van der Waals surface area contributed by atoms with Gasteiger partial charge in [-0.2, -0.15) is 0 Å². The average Bonchev–Trinajstić information content (AvgIpc) is 2.49. The molecule has 104 valence electrons. The summed E-state index contributed by atoms with van der Waals surface area (Å²) in [6.07, 6.45) is 2.01. The van der Waals surface area contributed by atoms with E-state index < -0.39 is 0 Å². The molecular formula is C16H15BrO2S. The molecule has 0 bridgehead atoms. The minimum absolute atomic E-state index is 0.00904. The predicted molar refractivity (Wildman–Crippen MR) is 86.4 cm³/mol. The second kappa shape index (κ2) is 7.62. The van der Waals surface area contributed by atoms with Crippen molar-refractivity contribution in [2.24, 2.45) is 0 Å². The van der Waals surface area contributed by atoms with Gasteiger partial charge in [-0.25, -0.2) is 0 Å². The molecule has 0 spiro atoms. The standard InChI is InChI=1S/C16H15BrO2S/c1-20-15-8-4-13(5-9-15)16(18)11-19-10-12-2-6-14(17)7-3-12/h2-9H,10-11H2,1H3. The molecule has 0 saturated carbocycles. The Bertz CT molecular complexity index is 564. The van der Waals surface area contributed by atoms with E-state index in [1.807, 2.05) is 54.8 Å². The fourth-order valence-corrected chi connectivity index (χ4v) is 2.38. The SMILES string of the molecule is CSc1ccc(C(=O)COCc2ccc(Br)cc2)cc1. The maximum Gasteiger partial charge on any atom is 0.188 e. The van der Waals surface area contributed by atoms with Gasteiger partial charge in [0.2, 0.25) is 0 Å². The van der Waals surface area contributed by atoms with Crippen LogP contribution in [-0.2, 0) is 11.3 Å². The number of hydrogen-bond acceptors (Lipinski definition) is 3. The van der Waals surface area contributed by atoms with Crippen LogP contribution in [0.25, 0.3) is 0 Å². The second-order valence-electron chi connectivity index (χ2n) is 4.27. The number of Topliss-reactive ketones (excluding diaryl/α,β-unsaturated/α-hetero) is 1. The van der Waals surface area contributed by atoms with E-state index in [0.717, 1.165) is 14.9 Å². The lowest BCUT2D eigenvalue weighted by molar-refractivity contribution is 0.0726. The van der Waals surface area contributed by atoms with Gasteiger partial charge in [-0.05, 0) is 36.1 Å². The molecule has 0 amide bonds. The first-order chi connectivity index (χ1) is 9.69. The summed E-state index contributed by atoms with van der Waals surface area (Å²) in [5.41, 5.74) is 1.75. The predicted octanol–water partition coefficient (Wildman–Crippen LogP) is 4.57. The summed E-state index contributed by atoms with van der Waals surface area (Å²) in [7, 11) is 0. The Morgan fingerprint density at radius 3 is 2.35 bits per heavy atom. The van der Waals surface area contributed by atoms with E-state index in [2.05, 4.69) is 15.9 Å². The van der Waals surface area contributed by atoms with Crippen LogP contribution in [0.4, 0.5) is 0 Å². The summed E-state index contributed by atoms with van der Waals surface area (Å²) >= 11 is 5.04. The van der Waals surface area contributed by atoms with Gasteiger partial charge in [-0.15, -0.1) is 11.8 Å². The maximum absolute atomic E-state index is 11.9. The van der Waals surface area contributed by atoms with Crippen molar-refractivity contribution in [1.29, 1.82) is 0 Å². The van der Waals surface area contributed by atoms with Gasteiger partial charge in [0.25, 0.3) is 0 Å². The Kier molecular flexibility index (Phi) is 5.83. The number of carbonyl (C=O) groups excluding carboxylic acids is 1. The Balaban J connectivity index is 1.83. The summed E-state index contributed by atoms with van der Waals surface area (Å²) < 4.78 is 6.50. The minimum atomic E-state index is 0.00904. The molecule has 0 N–H and O–H groups in total. The van der Waals surface area contributed by atoms with E-state index in [0.29, 0.717) is 12.2 Å². The molecule has 20 heavy (non-hydrogen) atoms. The third-order valence-electron chi connectivity index (χ3n) is 2.83. The summed E-state index contributed by atoms with van der Waals surface area (Å²) in [5, 5.41) is 0. The molecule has 0 fully saturated rings. The number of benzene rings is 2. The van der Waals surface area contributed by atoms with Gasteiger partial charge in [0.05, 0.1) is 6.61 Å². The normalized spacial score (nSPS) is 10.5. The second-order valence-corrected chi connectivity index (χ2v) is 6.07. The molecule has 2 rings (SSSR count). The number of carbonyl (C=O) groups is 1. The van der Waals surface area contributed by atoms with Gasteiger partial charge in [-0.1, -0.05) is 40.2 Å². The zero-order valence-electron chi connectivity index (χ0n) is 11.1. The van der Waals surface area contributed by atoms with Crippen LogP contribution >= 0.6 is 27.7 Å². The summed E-state index contributed by atoms with van der Waals surface area (Å²) in [6.45, 7) is 0.552. The van der Waals surface area contributed by atoms with Crippen molar-refractivity contribution < 1.29 is 9.53 Å². The summed E-state index contributed by atoms with van der Waals surface area (Å²) in [6, 6.07) is 15.5. The van der Waals surface area contributed by atoms with Crippen molar-refractivity contribution in [2.75, 3.05) is 12.9 Å². The third-order valence-corrected chi connectivity index (χ3v) is 4.10. The van der Waals surface area contributed by atoms with Crippen LogP contribution in [0.5, 0.6) is 0 Å². The molecule has 2 aromatic rings. The van der Waals surface area contributed by atoms with Crippen molar-refractivity contribution in [2.45, 2.75) is 11.5 Å². The molecule has 0 atom stereocenters. The van der Waals surface area contributed by atoms with E-state index in [-0.39, 0.29) is 12.4 Å². The van der Waals surface area contributed by atoms with Gasteiger partial charge in [0.1, 0.15) is 6.61 Å². The van der Waals surface area contributed by atoms with Crippen molar-refractivity contribution in [3.8, 4) is 0 Å². The van der Waals surface area contributed by atoms with Crippen molar-refractivity contribution >= 4 is 33.5 Å². The van der Waals surface area contributed by atoms with E-state index in [9.17, 15) is 4.79 Å². The number of rotatable bonds is 6. The van der Waals surface area contributed by atoms with Crippen molar-refractivity contribution in [3.63, 3.8) is 0 Å². The first-order valence-corrected chi connectivity index (χ1v) is 8.20. The quantitative estimate of drug-likeness (QED) is 0.563. The number of hydrogen-bond donors (Lipinski definition) is 0. The molecule has 2 aromatic carbocycles. The van der Waals surface area contributed by atoms with Crippen LogP contribution in [-0.4, -0.2) is 18.6 Å². The van der Waals surface area contributed by atoms with Gasteiger partial charge >= 0.3 is 0 Å². The van der Waals surface area contributed by atoms with Crippen LogP contribution in [0.15, 0.2) is 57.9 Å². The molecule has 0 aliphatic carbocycles. The highest BCUT2D eigenvalue weighted by atomic mass is 79.9. The monoisotopic (exact) mass is 350 g/mol. The van der Waals surface area contributed by atoms with E-state index >= 15 is 0 Å². The van der Waals surface area contributed by atoms with Crippen LogP contribution in [0.1, 0.15) is 15.9 Å². The topological polar surface area (TPSA) is 26.3 Å². The molecule has 0 aliphatic rings.